The fourth-order valence-electron chi connectivity index (χ4n) is 5.44. The predicted molar refractivity (Wildman–Crippen MR) is 137 cm³/mol. The molecule has 4 heteroatoms. The fourth-order valence-corrected chi connectivity index (χ4v) is 5.44. The monoisotopic (exact) mass is 438 g/mol. The molecule has 0 bridgehead atoms. The molecule has 1 fully saturated rings. The number of nitrogens with one attached hydrogen (secondary N) is 1. The van der Waals surface area contributed by atoms with E-state index in [0.717, 1.165) is 31.0 Å². The summed E-state index contributed by atoms with van der Waals surface area (Å²) in [6.07, 6.45) is 4.30. The summed E-state index contributed by atoms with van der Waals surface area (Å²) >= 11 is 0. The van der Waals surface area contributed by atoms with Crippen molar-refractivity contribution in [3.63, 3.8) is 0 Å². The van der Waals surface area contributed by atoms with Crippen LogP contribution in [-0.2, 0) is 6.54 Å². The lowest BCUT2D eigenvalue weighted by Crippen LogP contribution is -2.32. The third-order valence-electron chi connectivity index (χ3n) is 6.98. The van der Waals surface area contributed by atoms with Gasteiger partial charge in [-0.3, -0.25) is 14.9 Å². The van der Waals surface area contributed by atoms with Crippen molar-refractivity contribution in [1.29, 1.82) is 0 Å². The minimum atomic E-state index is 0.443. The van der Waals surface area contributed by atoms with Crippen molar-refractivity contribution in [1.82, 2.24) is 19.9 Å². The van der Waals surface area contributed by atoms with Crippen LogP contribution in [0.1, 0.15) is 66.7 Å². The van der Waals surface area contributed by atoms with Crippen molar-refractivity contribution < 1.29 is 0 Å². The Hall–Kier alpha value is -2.98. The Bertz CT molecular complexity index is 1230. The molecule has 0 aliphatic carbocycles. The molecule has 1 N–H and O–H groups in total. The number of pyridine rings is 2. The predicted octanol–water partition coefficient (Wildman–Crippen LogP) is 6.74. The maximum Gasteiger partial charge on any atom is 0.0543 e. The van der Waals surface area contributed by atoms with Gasteiger partial charge < -0.3 is 4.98 Å². The number of hydrogen-bond acceptors (Lipinski definition) is 3. The first-order valence-electron chi connectivity index (χ1n) is 12.2. The van der Waals surface area contributed by atoms with E-state index in [-0.39, 0.29) is 0 Å². The van der Waals surface area contributed by atoms with Crippen LogP contribution in [-0.4, -0.2) is 32.9 Å². The average molecular weight is 439 g/mol. The summed E-state index contributed by atoms with van der Waals surface area (Å²) in [5.74, 6) is 1.07. The van der Waals surface area contributed by atoms with Crippen LogP contribution in [0.15, 0.2) is 54.7 Å². The van der Waals surface area contributed by atoms with Gasteiger partial charge in [-0.15, -0.1) is 0 Å². The summed E-state index contributed by atoms with van der Waals surface area (Å²) < 4.78 is 0. The van der Waals surface area contributed by atoms with E-state index in [4.69, 9.17) is 0 Å². The molecule has 5 rings (SSSR count). The number of aryl methyl sites for hydroxylation is 2. The molecule has 170 valence electrons. The molecular weight excluding hydrogens is 404 g/mol. The second kappa shape index (κ2) is 9.11. The summed E-state index contributed by atoms with van der Waals surface area (Å²) in [7, 11) is 0. The van der Waals surface area contributed by atoms with Crippen LogP contribution >= 0.6 is 0 Å². The summed E-state index contributed by atoms with van der Waals surface area (Å²) in [5, 5.41) is 1.38. The second-order valence-electron chi connectivity index (χ2n) is 9.88. The number of H-pyrrole nitrogens is 1. The molecule has 4 aromatic rings. The van der Waals surface area contributed by atoms with Crippen molar-refractivity contribution in [2.45, 2.75) is 58.9 Å². The van der Waals surface area contributed by atoms with Gasteiger partial charge in [0.1, 0.15) is 0 Å². The van der Waals surface area contributed by atoms with Crippen LogP contribution < -0.4 is 0 Å². The Kier molecular flexibility index (Phi) is 6.03. The van der Waals surface area contributed by atoms with Gasteiger partial charge >= 0.3 is 0 Å². The van der Waals surface area contributed by atoms with Crippen molar-refractivity contribution in [3.05, 3.63) is 82.9 Å². The lowest BCUT2D eigenvalue weighted by molar-refractivity contribution is 0.202. The van der Waals surface area contributed by atoms with E-state index in [0.29, 0.717) is 11.8 Å². The third-order valence-corrected chi connectivity index (χ3v) is 6.98. The summed E-state index contributed by atoms with van der Waals surface area (Å²) in [6, 6.07) is 17.7. The van der Waals surface area contributed by atoms with Crippen LogP contribution in [0.3, 0.4) is 0 Å². The third kappa shape index (κ3) is 4.58. The first-order chi connectivity index (χ1) is 16.0. The molecular formula is C29H34N4. The maximum atomic E-state index is 4.57. The molecule has 0 atom stereocenters. The molecule has 1 aliphatic rings. The number of benzene rings is 1. The number of aromatic nitrogens is 3. The number of fused-ring (bicyclic) bond motifs is 1. The van der Waals surface area contributed by atoms with Gasteiger partial charge in [0.25, 0.3) is 0 Å². The normalized spacial score (nSPS) is 15.5. The van der Waals surface area contributed by atoms with Gasteiger partial charge in [-0.1, -0.05) is 26.0 Å². The Morgan fingerprint density at radius 1 is 1.00 bits per heavy atom. The Labute approximate surface area is 197 Å². The van der Waals surface area contributed by atoms with Crippen LogP contribution in [0.25, 0.3) is 22.2 Å². The highest BCUT2D eigenvalue weighted by atomic mass is 15.1. The highest BCUT2D eigenvalue weighted by molar-refractivity contribution is 5.92. The molecule has 4 heterocycles. The SMILES string of the molecule is Cc1cc(-c2[nH]c3ccc(C4CCN(Cc5ccccn5)CC4)cc3c2C(C)C)cc(C)n1. The Balaban J connectivity index is 1.41. The maximum absolute atomic E-state index is 4.57. The number of likely N-dealkylation sites (tertiary alicyclic amines) is 1. The number of aromatic amines is 1. The molecule has 0 amide bonds. The van der Waals surface area contributed by atoms with Crippen LogP contribution in [0.2, 0.25) is 0 Å². The minimum Gasteiger partial charge on any atom is -0.354 e. The van der Waals surface area contributed by atoms with E-state index in [1.165, 1.54) is 51.8 Å². The molecule has 0 spiro atoms. The first-order valence-corrected chi connectivity index (χ1v) is 12.2. The van der Waals surface area contributed by atoms with Gasteiger partial charge in [0.05, 0.1) is 11.4 Å². The molecule has 1 aromatic carbocycles. The average Bonchev–Trinajstić information content (AvgIpc) is 3.19. The highest BCUT2D eigenvalue weighted by Crippen LogP contribution is 2.38. The van der Waals surface area contributed by atoms with Gasteiger partial charge in [0, 0.05) is 40.6 Å². The zero-order chi connectivity index (χ0) is 22.9. The van der Waals surface area contributed by atoms with E-state index < -0.39 is 0 Å². The molecule has 33 heavy (non-hydrogen) atoms. The van der Waals surface area contributed by atoms with E-state index >= 15 is 0 Å². The van der Waals surface area contributed by atoms with Gasteiger partial charge in [0.15, 0.2) is 0 Å². The van der Waals surface area contributed by atoms with Crippen LogP contribution in [0.5, 0.6) is 0 Å². The molecule has 3 aromatic heterocycles. The van der Waals surface area contributed by atoms with Gasteiger partial charge in [0.2, 0.25) is 0 Å². The molecule has 1 saturated heterocycles. The summed E-state index contributed by atoms with van der Waals surface area (Å²) in [6.45, 7) is 12.0. The lowest BCUT2D eigenvalue weighted by Gasteiger charge is -2.32. The molecule has 4 nitrogen and oxygen atoms in total. The van der Waals surface area contributed by atoms with Crippen molar-refractivity contribution in [2.24, 2.45) is 0 Å². The molecule has 1 aliphatic heterocycles. The highest BCUT2D eigenvalue weighted by Gasteiger charge is 2.23. The van der Waals surface area contributed by atoms with Gasteiger partial charge in [-0.2, -0.15) is 0 Å². The largest absolute Gasteiger partial charge is 0.354 e. The second-order valence-corrected chi connectivity index (χ2v) is 9.88. The van der Waals surface area contributed by atoms with Crippen molar-refractivity contribution >= 4 is 10.9 Å². The quantitative estimate of drug-likeness (QED) is 0.375. The number of nitrogens with zero attached hydrogens (tertiary/aromatic N) is 3. The Morgan fingerprint density at radius 2 is 1.76 bits per heavy atom. The first kappa shape index (κ1) is 21.8. The van der Waals surface area contributed by atoms with E-state index in [1.54, 1.807) is 0 Å². The number of rotatable bonds is 5. The zero-order valence-corrected chi connectivity index (χ0v) is 20.2. The van der Waals surface area contributed by atoms with Crippen LogP contribution in [0, 0.1) is 13.8 Å². The van der Waals surface area contributed by atoms with Crippen molar-refractivity contribution in [3.8, 4) is 11.3 Å². The van der Waals surface area contributed by atoms with E-state index in [2.05, 4.69) is 90.0 Å². The van der Waals surface area contributed by atoms with Crippen LogP contribution in [0.4, 0.5) is 0 Å². The molecule has 0 unspecified atom stereocenters. The summed E-state index contributed by atoms with van der Waals surface area (Å²) in [4.78, 5) is 15.4. The topological polar surface area (TPSA) is 44.8 Å². The standard InChI is InChI=1S/C29H34N4/c1-19(2)28-26-17-23(22-10-13-33(14-11-22)18-25-7-5-6-12-30-25)8-9-27(26)32-29(28)24-15-20(3)31-21(4)16-24/h5-9,12,15-17,19,22,32H,10-11,13-14,18H2,1-4H3. The smallest absolute Gasteiger partial charge is 0.0543 e. The van der Waals surface area contributed by atoms with Gasteiger partial charge in [-0.25, -0.2) is 0 Å². The fraction of sp³-hybridized carbons (Fsp3) is 0.379. The number of hydrogen-bond donors (Lipinski definition) is 1. The summed E-state index contributed by atoms with van der Waals surface area (Å²) in [5.41, 5.74) is 9.92. The minimum absolute atomic E-state index is 0.443. The van der Waals surface area contributed by atoms with Gasteiger partial charge in [-0.05, 0) is 99.1 Å². The van der Waals surface area contributed by atoms with E-state index in [1.807, 2.05) is 12.3 Å². The zero-order valence-electron chi connectivity index (χ0n) is 20.2. The van der Waals surface area contributed by atoms with E-state index in [9.17, 15) is 0 Å². The molecule has 0 radical (unpaired) electrons. The van der Waals surface area contributed by atoms with Crippen molar-refractivity contribution in [2.75, 3.05) is 13.1 Å². The number of piperidine rings is 1. The molecule has 0 saturated carbocycles. The lowest BCUT2D eigenvalue weighted by atomic mass is 9.87. The Morgan fingerprint density at radius 3 is 2.42 bits per heavy atom.